The fourth-order valence-electron chi connectivity index (χ4n) is 6.09. The van der Waals surface area contributed by atoms with Crippen molar-refractivity contribution in [1.29, 1.82) is 0 Å². The first-order valence-corrected chi connectivity index (χ1v) is 21.1. The average molecular weight is 753 g/mol. The Bertz CT molecular complexity index is 965. The number of hydrogen-bond acceptors (Lipinski definition) is 10. The highest BCUT2D eigenvalue weighted by atomic mass is 16.7. The molecule has 0 aromatic rings. The van der Waals surface area contributed by atoms with Gasteiger partial charge < -0.3 is 39.4 Å². The van der Waals surface area contributed by atoms with Gasteiger partial charge in [0, 0.05) is 12.8 Å². The van der Waals surface area contributed by atoms with Gasteiger partial charge in [0.2, 0.25) is 0 Å². The Kier molecular flexibility index (Phi) is 31.8. The average Bonchev–Trinajstić information content (AvgIpc) is 3.15. The molecule has 1 rings (SSSR count). The molecule has 0 saturated carbocycles. The molecule has 0 radical (unpaired) electrons. The molecule has 1 aliphatic heterocycles. The van der Waals surface area contributed by atoms with Gasteiger partial charge in [0.05, 0.1) is 13.2 Å². The third-order valence-corrected chi connectivity index (χ3v) is 9.50. The number of aliphatic hydroxyl groups is 4. The van der Waals surface area contributed by atoms with Crippen molar-refractivity contribution in [3.05, 3.63) is 36.5 Å². The van der Waals surface area contributed by atoms with E-state index in [0.29, 0.717) is 12.8 Å². The molecule has 53 heavy (non-hydrogen) atoms. The predicted molar refractivity (Wildman–Crippen MR) is 210 cm³/mol. The molecular formula is C43H76O10. The Balaban J connectivity index is 2.40. The molecule has 0 spiro atoms. The minimum Gasteiger partial charge on any atom is -0.462 e. The molecule has 0 aromatic heterocycles. The van der Waals surface area contributed by atoms with E-state index in [0.717, 1.165) is 51.4 Å². The third kappa shape index (κ3) is 26.4. The molecule has 308 valence electrons. The molecule has 0 aromatic carbocycles. The molecule has 1 fully saturated rings. The molecule has 10 nitrogen and oxygen atoms in total. The van der Waals surface area contributed by atoms with Gasteiger partial charge in [-0.3, -0.25) is 9.59 Å². The van der Waals surface area contributed by atoms with Crippen molar-refractivity contribution in [2.45, 2.75) is 205 Å². The van der Waals surface area contributed by atoms with Crippen LogP contribution in [0.2, 0.25) is 0 Å². The molecule has 1 saturated heterocycles. The van der Waals surface area contributed by atoms with Crippen molar-refractivity contribution >= 4 is 11.9 Å². The summed E-state index contributed by atoms with van der Waals surface area (Å²) in [4.78, 5) is 25.2. The molecule has 10 heteroatoms. The summed E-state index contributed by atoms with van der Waals surface area (Å²) in [5.41, 5.74) is 0. The number of unbranched alkanes of at least 4 members (excludes halogenated alkanes) is 17. The summed E-state index contributed by atoms with van der Waals surface area (Å²) in [7, 11) is 0. The molecule has 0 amide bonds. The number of carbonyl (C=O) groups is 2. The lowest BCUT2D eigenvalue weighted by atomic mass is 9.99. The molecule has 1 heterocycles. The van der Waals surface area contributed by atoms with E-state index in [4.69, 9.17) is 18.9 Å². The van der Waals surface area contributed by atoms with Crippen molar-refractivity contribution in [3.8, 4) is 0 Å². The second-order valence-corrected chi connectivity index (χ2v) is 14.4. The minimum absolute atomic E-state index is 0.203. The van der Waals surface area contributed by atoms with Crippen LogP contribution in [0.5, 0.6) is 0 Å². The SMILES string of the molecule is CCCCCCCC/C=C/C/C=C/CCCCC(=O)OC[C@@H](CO[C@H]1O[C@@H](CO)[C@@H](O)C(O)C1O)OC(=O)CCCCC/C=C/CCCCCCCC. The molecule has 2 unspecified atom stereocenters. The van der Waals surface area contributed by atoms with Crippen LogP contribution in [0.1, 0.15) is 168 Å². The molecule has 1 aliphatic rings. The molecule has 0 bridgehead atoms. The van der Waals surface area contributed by atoms with Crippen LogP contribution >= 0.6 is 0 Å². The number of ether oxygens (including phenoxy) is 4. The van der Waals surface area contributed by atoms with Crippen molar-refractivity contribution in [3.63, 3.8) is 0 Å². The summed E-state index contributed by atoms with van der Waals surface area (Å²) in [6.07, 6.45) is 30.1. The lowest BCUT2D eigenvalue weighted by molar-refractivity contribution is -0.305. The summed E-state index contributed by atoms with van der Waals surface area (Å²) < 4.78 is 22.0. The number of carbonyl (C=O) groups excluding carboxylic acids is 2. The summed E-state index contributed by atoms with van der Waals surface area (Å²) >= 11 is 0. The standard InChI is InChI=1S/C43H76O10/c1-3-5-7-9-11-13-15-17-18-20-21-23-25-27-29-31-38(45)50-34-36(35-51-43-42(49)41(48)40(47)37(33-44)53-43)52-39(46)32-30-28-26-24-22-19-16-14-12-10-8-6-4-2/h17-19,21-23,36-37,40-44,47-49H,3-16,20,24-35H2,1-2H3/b18-17+,22-19+,23-21+/t36-,37-,40+,41?,42?,43-/m0/s1. The summed E-state index contributed by atoms with van der Waals surface area (Å²) in [6.45, 7) is 3.34. The highest BCUT2D eigenvalue weighted by molar-refractivity contribution is 5.70. The van der Waals surface area contributed by atoms with Crippen LogP contribution in [0.15, 0.2) is 36.5 Å². The highest BCUT2D eigenvalue weighted by Gasteiger charge is 2.44. The first-order valence-electron chi connectivity index (χ1n) is 21.1. The number of hydrogen-bond donors (Lipinski definition) is 4. The zero-order valence-corrected chi connectivity index (χ0v) is 33.3. The smallest absolute Gasteiger partial charge is 0.306 e. The van der Waals surface area contributed by atoms with Crippen LogP contribution in [-0.2, 0) is 28.5 Å². The zero-order valence-electron chi connectivity index (χ0n) is 33.3. The van der Waals surface area contributed by atoms with E-state index in [2.05, 4.69) is 50.3 Å². The fourth-order valence-corrected chi connectivity index (χ4v) is 6.09. The molecule has 6 atom stereocenters. The van der Waals surface area contributed by atoms with Crippen LogP contribution in [-0.4, -0.2) is 89.0 Å². The maximum atomic E-state index is 12.7. The van der Waals surface area contributed by atoms with Gasteiger partial charge in [-0.05, 0) is 70.6 Å². The number of allylic oxidation sites excluding steroid dienone is 6. The van der Waals surface area contributed by atoms with Crippen molar-refractivity contribution in [2.75, 3.05) is 19.8 Å². The van der Waals surface area contributed by atoms with E-state index >= 15 is 0 Å². The van der Waals surface area contributed by atoms with E-state index in [1.54, 1.807) is 0 Å². The Morgan fingerprint density at radius 1 is 0.585 bits per heavy atom. The second kappa shape index (κ2) is 34.4. The van der Waals surface area contributed by atoms with Crippen LogP contribution in [0.3, 0.4) is 0 Å². The van der Waals surface area contributed by atoms with Gasteiger partial charge in [0.1, 0.15) is 31.0 Å². The Morgan fingerprint density at radius 2 is 1.06 bits per heavy atom. The van der Waals surface area contributed by atoms with E-state index in [9.17, 15) is 30.0 Å². The quantitative estimate of drug-likeness (QED) is 0.0287. The lowest BCUT2D eigenvalue weighted by Crippen LogP contribution is -2.59. The Labute approximate surface area is 321 Å². The summed E-state index contributed by atoms with van der Waals surface area (Å²) in [6, 6.07) is 0. The van der Waals surface area contributed by atoms with Gasteiger partial charge in [0.25, 0.3) is 0 Å². The van der Waals surface area contributed by atoms with Crippen LogP contribution in [0.25, 0.3) is 0 Å². The number of esters is 2. The highest BCUT2D eigenvalue weighted by Crippen LogP contribution is 2.22. The van der Waals surface area contributed by atoms with Crippen molar-refractivity contribution in [2.24, 2.45) is 0 Å². The maximum absolute atomic E-state index is 12.7. The molecule has 0 aliphatic carbocycles. The number of rotatable bonds is 34. The third-order valence-electron chi connectivity index (χ3n) is 9.50. The van der Waals surface area contributed by atoms with E-state index in [1.165, 1.54) is 77.0 Å². The van der Waals surface area contributed by atoms with Crippen molar-refractivity contribution < 1.29 is 49.0 Å². The van der Waals surface area contributed by atoms with Crippen molar-refractivity contribution in [1.82, 2.24) is 0 Å². The van der Waals surface area contributed by atoms with E-state index < -0.39 is 55.4 Å². The van der Waals surface area contributed by atoms with Crippen LogP contribution in [0, 0.1) is 0 Å². The monoisotopic (exact) mass is 753 g/mol. The first-order chi connectivity index (χ1) is 25.8. The Morgan fingerprint density at radius 3 is 1.62 bits per heavy atom. The van der Waals surface area contributed by atoms with Gasteiger partial charge in [-0.15, -0.1) is 0 Å². The molecule has 4 N–H and O–H groups in total. The molecular weight excluding hydrogens is 676 g/mol. The minimum atomic E-state index is -1.60. The lowest BCUT2D eigenvalue weighted by Gasteiger charge is -2.39. The fraction of sp³-hybridized carbons (Fsp3) is 0.814. The van der Waals surface area contributed by atoms with Crippen LogP contribution < -0.4 is 0 Å². The maximum Gasteiger partial charge on any atom is 0.306 e. The van der Waals surface area contributed by atoms with E-state index in [1.807, 2.05) is 0 Å². The first kappa shape index (κ1) is 48.9. The van der Waals surface area contributed by atoms with Gasteiger partial charge in [0.15, 0.2) is 12.4 Å². The summed E-state index contributed by atoms with van der Waals surface area (Å²) in [5, 5.41) is 40.0. The Hall–Kier alpha value is -2.08. The van der Waals surface area contributed by atoms with Gasteiger partial charge in [-0.2, -0.15) is 0 Å². The topological polar surface area (TPSA) is 152 Å². The summed E-state index contributed by atoms with van der Waals surface area (Å²) in [5.74, 6) is -0.865. The van der Waals surface area contributed by atoms with Gasteiger partial charge in [-0.25, -0.2) is 0 Å². The number of aliphatic hydroxyl groups excluding tert-OH is 4. The second-order valence-electron chi connectivity index (χ2n) is 14.4. The normalized spacial score (nSPS) is 21.2. The predicted octanol–water partition coefficient (Wildman–Crippen LogP) is 8.33. The largest absolute Gasteiger partial charge is 0.462 e. The zero-order chi connectivity index (χ0) is 38.8. The van der Waals surface area contributed by atoms with Gasteiger partial charge in [-0.1, -0.05) is 121 Å². The van der Waals surface area contributed by atoms with E-state index in [-0.39, 0.29) is 26.1 Å². The van der Waals surface area contributed by atoms with Gasteiger partial charge >= 0.3 is 11.9 Å². The van der Waals surface area contributed by atoms with Crippen LogP contribution in [0.4, 0.5) is 0 Å².